The molecule has 0 spiro atoms. The normalized spacial score (nSPS) is 8.62. The van der Waals surface area contributed by atoms with E-state index in [0.717, 1.165) is 18.2 Å². The summed E-state index contributed by atoms with van der Waals surface area (Å²) in [6.07, 6.45) is 0. The Labute approximate surface area is 77.0 Å². The molecule has 0 aliphatic rings. The Morgan fingerprint density at radius 1 is 1.23 bits per heavy atom. The number of aryl methyl sites for hydroxylation is 2. The topological polar surface area (TPSA) is 63.4 Å². The molecule has 4 heteroatoms. The average molecular weight is 183 g/mol. The van der Waals surface area contributed by atoms with Crippen LogP contribution in [-0.4, -0.2) is 17.1 Å². The predicted octanol–water partition coefficient (Wildman–Crippen LogP) is 1.82. The fourth-order valence-corrected chi connectivity index (χ4v) is 0.839. The van der Waals surface area contributed by atoms with Gasteiger partial charge >= 0.3 is 0 Å². The first kappa shape index (κ1) is 11.6. The van der Waals surface area contributed by atoms with Crippen LogP contribution in [0.2, 0.25) is 0 Å². The van der Waals surface area contributed by atoms with Gasteiger partial charge in [0.15, 0.2) is 0 Å². The molecule has 72 valence electrons. The van der Waals surface area contributed by atoms with Crippen molar-refractivity contribution in [3.63, 3.8) is 0 Å². The largest absolute Gasteiger partial charge is 0.400 e. The van der Waals surface area contributed by atoms with E-state index in [0.29, 0.717) is 0 Å². The van der Waals surface area contributed by atoms with E-state index in [1.165, 1.54) is 6.07 Å². The molecule has 1 N–H and O–H groups in total. The van der Waals surface area contributed by atoms with Crippen molar-refractivity contribution in [2.75, 3.05) is 7.11 Å². The lowest BCUT2D eigenvalue weighted by atomic mass is 10.1. The molecule has 0 bridgehead atoms. The predicted molar refractivity (Wildman–Crippen MR) is 50.7 cm³/mol. The average Bonchev–Trinajstić information content (AvgIpc) is 2.13. The van der Waals surface area contributed by atoms with Gasteiger partial charge in [0, 0.05) is 19.2 Å². The Morgan fingerprint density at radius 3 is 2.15 bits per heavy atom. The Morgan fingerprint density at radius 2 is 1.77 bits per heavy atom. The zero-order valence-electron chi connectivity index (χ0n) is 7.94. The fraction of sp³-hybridized carbons (Fsp3) is 0.333. The van der Waals surface area contributed by atoms with E-state index >= 15 is 0 Å². The Hall–Kier alpha value is -1.42. The SMILES string of the molecule is CO.Cc1ccc([N+](=O)[O-])cc1C. The number of benzene rings is 1. The van der Waals surface area contributed by atoms with Crippen LogP contribution in [0.1, 0.15) is 11.1 Å². The minimum Gasteiger partial charge on any atom is -0.400 e. The van der Waals surface area contributed by atoms with Crippen molar-refractivity contribution in [3.05, 3.63) is 39.4 Å². The summed E-state index contributed by atoms with van der Waals surface area (Å²) in [5.41, 5.74) is 2.20. The van der Waals surface area contributed by atoms with Crippen molar-refractivity contribution < 1.29 is 10.0 Å². The highest BCUT2D eigenvalue weighted by molar-refractivity contribution is 5.38. The minimum absolute atomic E-state index is 0.160. The van der Waals surface area contributed by atoms with Gasteiger partial charge < -0.3 is 5.11 Å². The molecule has 1 aromatic carbocycles. The van der Waals surface area contributed by atoms with Gasteiger partial charge in [-0.1, -0.05) is 6.07 Å². The molecule has 0 radical (unpaired) electrons. The van der Waals surface area contributed by atoms with Crippen LogP contribution >= 0.6 is 0 Å². The molecule has 0 saturated carbocycles. The zero-order valence-corrected chi connectivity index (χ0v) is 7.94. The summed E-state index contributed by atoms with van der Waals surface area (Å²) in [6.45, 7) is 3.79. The van der Waals surface area contributed by atoms with Gasteiger partial charge in [-0.15, -0.1) is 0 Å². The third-order valence-electron chi connectivity index (χ3n) is 1.70. The van der Waals surface area contributed by atoms with Gasteiger partial charge in [-0.05, 0) is 25.0 Å². The Balaban J connectivity index is 0.000000671. The lowest BCUT2D eigenvalue weighted by Crippen LogP contribution is -1.89. The number of aliphatic hydroxyl groups is 1. The number of rotatable bonds is 1. The van der Waals surface area contributed by atoms with Crippen molar-refractivity contribution in [1.29, 1.82) is 0 Å². The number of nitro groups is 1. The van der Waals surface area contributed by atoms with E-state index in [1.54, 1.807) is 12.1 Å². The second-order valence-electron chi connectivity index (χ2n) is 2.53. The van der Waals surface area contributed by atoms with Gasteiger partial charge in [0.2, 0.25) is 0 Å². The summed E-state index contributed by atoms with van der Waals surface area (Å²) in [5, 5.41) is 17.3. The number of nitrogens with zero attached hydrogens (tertiary/aromatic N) is 1. The molecular weight excluding hydrogens is 170 g/mol. The molecule has 0 saturated heterocycles. The van der Waals surface area contributed by atoms with Crippen LogP contribution in [0.4, 0.5) is 5.69 Å². The Kier molecular flexibility index (Phi) is 4.69. The maximum absolute atomic E-state index is 10.3. The molecule has 0 amide bonds. The molecular formula is C9H13NO3. The summed E-state index contributed by atoms with van der Waals surface area (Å²) >= 11 is 0. The van der Waals surface area contributed by atoms with E-state index in [9.17, 15) is 10.1 Å². The van der Waals surface area contributed by atoms with E-state index in [4.69, 9.17) is 5.11 Å². The monoisotopic (exact) mass is 183 g/mol. The molecule has 1 aromatic rings. The van der Waals surface area contributed by atoms with Gasteiger partial charge in [-0.2, -0.15) is 0 Å². The summed E-state index contributed by atoms with van der Waals surface area (Å²) < 4.78 is 0. The molecule has 0 heterocycles. The van der Waals surface area contributed by atoms with E-state index < -0.39 is 0 Å². The first-order valence-electron chi connectivity index (χ1n) is 3.77. The van der Waals surface area contributed by atoms with Crippen LogP contribution < -0.4 is 0 Å². The van der Waals surface area contributed by atoms with Crippen LogP contribution in [0, 0.1) is 24.0 Å². The molecule has 0 aliphatic carbocycles. The van der Waals surface area contributed by atoms with Gasteiger partial charge in [0.25, 0.3) is 5.69 Å². The van der Waals surface area contributed by atoms with Crippen LogP contribution in [-0.2, 0) is 0 Å². The second-order valence-corrected chi connectivity index (χ2v) is 2.53. The second kappa shape index (κ2) is 5.27. The van der Waals surface area contributed by atoms with Gasteiger partial charge in [-0.25, -0.2) is 0 Å². The molecule has 0 fully saturated rings. The minimum atomic E-state index is -0.382. The van der Waals surface area contributed by atoms with Crippen LogP contribution in [0.5, 0.6) is 0 Å². The maximum Gasteiger partial charge on any atom is 0.269 e. The van der Waals surface area contributed by atoms with Gasteiger partial charge in [0.05, 0.1) is 4.92 Å². The third kappa shape index (κ3) is 3.21. The number of non-ortho nitro benzene ring substituents is 1. The number of aliphatic hydroxyl groups excluding tert-OH is 1. The molecule has 0 unspecified atom stereocenters. The first-order valence-corrected chi connectivity index (χ1v) is 3.77. The number of nitro benzene ring substituents is 1. The molecule has 4 nitrogen and oxygen atoms in total. The summed E-state index contributed by atoms with van der Waals surface area (Å²) in [5.74, 6) is 0. The van der Waals surface area contributed by atoms with Gasteiger partial charge in [0.1, 0.15) is 0 Å². The smallest absolute Gasteiger partial charge is 0.269 e. The van der Waals surface area contributed by atoms with Crippen LogP contribution in [0.3, 0.4) is 0 Å². The highest BCUT2D eigenvalue weighted by atomic mass is 16.6. The first-order chi connectivity index (χ1) is 6.11. The third-order valence-corrected chi connectivity index (χ3v) is 1.70. The fourth-order valence-electron chi connectivity index (χ4n) is 0.839. The molecule has 0 aromatic heterocycles. The highest BCUT2D eigenvalue weighted by Crippen LogP contribution is 2.15. The summed E-state index contributed by atoms with van der Waals surface area (Å²) in [7, 11) is 1.00. The van der Waals surface area contributed by atoms with Crippen molar-refractivity contribution in [2.24, 2.45) is 0 Å². The summed E-state index contributed by atoms with van der Waals surface area (Å²) in [6, 6.07) is 4.85. The number of hydrogen-bond donors (Lipinski definition) is 1. The van der Waals surface area contributed by atoms with Crippen molar-refractivity contribution in [3.8, 4) is 0 Å². The zero-order chi connectivity index (χ0) is 10.4. The van der Waals surface area contributed by atoms with Crippen LogP contribution in [0.15, 0.2) is 18.2 Å². The van der Waals surface area contributed by atoms with E-state index in [-0.39, 0.29) is 10.6 Å². The van der Waals surface area contributed by atoms with Crippen molar-refractivity contribution in [1.82, 2.24) is 0 Å². The highest BCUT2D eigenvalue weighted by Gasteiger charge is 2.04. The van der Waals surface area contributed by atoms with E-state index in [1.807, 2.05) is 13.8 Å². The standard InChI is InChI=1S/C8H9NO2.CH4O/c1-6-3-4-8(9(10)11)5-7(6)2;1-2/h3-5H,1-2H3;2H,1H3. The number of hydrogen-bond acceptors (Lipinski definition) is 3. The quantitative estimate of drug-likeness (QED) is 0.533. The van der Waals surface area contributed by atoms with E-state index in [2.05, 4.69) is 0 Å². The maximum atomic E-state index is 10.3. The summed E-state index contributed by atoms with van der Waals surface area (Å²) in [4.78, 5) is 9.89. The van der Waals surface area contributed by atoms with Crippen molar-refractivity contribution in [2.45, 2.75) is 13.8 Å². The molecule has 13 heavy (non-hydrogen) atoms. The molecule has 0 atom stereocenters. The van der Waals surface area contributed by atoms with Crippen LogP contribution in [0.25, 0.3) is 0 Å². The Bertz CT molecular complexity index is 297. The van der Waals surface area contributed by atoms with Gasteiger partial charge in [-0.3, -0.25) is 10.1 Å². The van der Waals surface area contributed by atoms with Crippen molar-refractivity contribution >= 4 is 5.69 Å². The molecule has 0 aliphatic heterocycles. The lowest BCUT2D eigenvalue weighted by molar-refractivity contribution is -0.384. The molecule has 1 rings (SSSR count). The lowest BCUT2D eigenvalue weighted by Gasteiger charge is -1.97.